The van der Waals surface area contributed by atoms with Crippen molar-refractivity contribution < 1.29 is 23.5 Å². The number of imide groups is 1. The minimum atomic E-state index is -1.00. The number of amides is 3. The lowest BCUT2D eigenvalue weighted by molar-refractivity contribution is -0.123. The van der Waals surface area contributed by atoms with E-state index < -0.39 is 30.1 Å². The Morgan fingerprint density at radius 3 is 2.70 bits per heavy atom. The second kappa shape index (κ2) is 7.21. The van der Waals surface area contributed by atoms with Gasteiger partial charge in [0.1, 0.15) is 11.1 Å². The zero-order valence-corrected chi connectivity index (χ0v) is 12.3. The fourth-order valence-electron chi connectivity index (χ4n) is 1.78. The van der Waals surface area contributed by atoms with E-state index in [9.17, 15) is 19.2 Å². The monoisotopic (exact) mass is 318 g/mol. The van der Waals surface area contributed by atoms with E-state index in [4.69, 9.17) is 9.15 Å². The molecule has 0 unspecified atom stereocenters. The van der Waals surface area contributed by atoms with Crippen LogP contribution in [0.4, 0.5) is 4.79 Å². The number of rotatable bonds is 4. The van der Waals surface area contributed by atoms with Crippen molar-refractivity contribution in [3.63, 3.8) is 0 Å². The summed E-state index contributed by atoms with van der Waals surface area (Å²) in [7, 11) is 0. The number of carbonyl (C=O) groups is 3. The normalized spacial score (nSPS) is 10.1. The molecule has 0 saturated carbocycles. The highest BCUT2D eigenvalue weighted by Crippen LogP contribution is 2.12. The molecule has 1 aromatic heterocycles. The molecule has 0 aliphatic rings. The Hall–Kier alpha value is -3.16. The SMILES string of the molecule is CCNC(=O)NC(=O)COC(=O)c1cc2ccccc2oc1=O. The van der Waals surface area contributed by atoms with Crippen LogP contribution in [-0.2, 0) is 9.53 Å². The van der Waals surface area contributed by atoms with Crippen molar-refractivity contribution in [2.45, 2.75) is 6.92 Å². The van der Waals surface area contributed by atoms with Crippen molar-refractivity contribution in [1.82, 2.24) is 10.6 Å². The van der Waals surface area contributed by atoms with Crippen LogP contribution in [0, 0.1) is 0 Å². The van der Waals surface area contributed by atoms with Crippen molar-refractivity contribution in [1.29, 1.82) is 0 Å². The lowest BCUT2D eigenvalue weighted by Gasteiger charge is -2.06. The molecule has 0 aliphatic heterocycles. The number of benzene rings is 1. The number of para-hydroxylation sites is 1. The molecule has 0 atom stereocenters. The minimum absolute atomic E-state index is 0.325. The molecule has 1 heterocycles. The van der Waals surface area contributed by atoms with E-state index in [1.54, 1.807) is 31.2 Å². The first kappa shape index (κ1) is 16.2. The van der Waals surface area contributed by atoms with Gasteiger partial charge in [0, 0.05) is 11.9 Å². The largest absolute Gasteiger partial charge is 0.452 e. The van der Waals surface area contributed by atoms with Crippen molar-refractivity contribution in [2.75, 3.05) is 13.2 Å². The maximum atomic E-state index is 11.9. The molecule has 0 spiro atoms. The number of esters is 1. The maximum absolute atomic E-state index is 11.9. The van der Waals surface area contributed by atoms with Gasteiger partial charge in [0.2, 0.25) is 0 Å². The van der Waals surface area contributed by atoms with Crippen molar-refractivity contribution in [3.8, 4) is 0 Å². The first-order chi connectivity index (χ1) is 11.0. The van der Waals surface area contributed by atoms with Gasteiger partial charge < -0.3 is 14.5 Å². The van der Waals surface area contributed by atoms with Gasteiger partial charge in [0.05, 0.1) is 0 Å². The number of ether oxygens (including phenoxy) is 1. The minimum Gasteiger partial charge on any atom is -0.452 e. The van der Waals surface area contributed by atoms with E-state index in [2.05, 4.69) is 5.32 Å². The predicted octanol–water partition coefficient (Wildman–Crippen LogP) is 0.795. The van der Waals surface area contributed by atoms with Gasteiger partial charge in [-0.05, 0) is 19.1 Å². The van der Waals surface area contributed by atoms with Gasteiger partial charge in [-0.1, -0.05) is 18.2 Å². The summed E-state index contributed by atoms with van der Waals surface area (Å²) in [4.78, 5) is 46.1. The molecule has 0 radical (unpaired) electrons. The molecular formula is C15H14N2O6. The molecular weight excluding hydrogens is 304 g/mol. The molecule has 3 amide bonds. The van der Waals surface area contributed by atoms with Crippen LogP contribution in [0.25, 0.3) is 11.0 Å². The Labute approximate surface area is 130 Å². The quantitative estimate of drug-likeness (QED) is 0.636. The lowest BCUT2D eigenvalue weighted by Crippen LogP contribution is -2.41. The second-order valence-electron chi connectivity index (χ2n) is 4.47. The van der Waals surface area contributed by atoms with Crippen LogP contribution >= 0.6 is 0 Å². The zero-order valence-electron chi connectivity index (χ0n) is 12.3. The Bertz CT molecular complexity index is 811. The molecule has 1 aromatic carbocycles. The van der Waals surface area contributed by atoms with Gasteiger partial charge in [0.25, 0.3) is 5.91 Å². The fourth-order valence-corrected chi connectivity index (χ4v) is 1.78. The van der Waals surface area contributed by atoms with Crippen LogP contribution in [0.2, 0.25) is 0 Å². The van der Waals surface area contributed by atoms with Gasteiger partial charge in [-0.25, -0.2) is 14.4 Å². The highest BCUT2D eigenvalue weighted by molar-refractivity contribution is 5.97. The van der Waals surface area contributed by atoms with E-state index in [0.717, 1.165) is 0 Å². The summed E-state index contributed by atoms with van der Waals surface area (Å²) in [5, 5.41) is 4.86. The molecule has 2 N–H and O–H groups in total. The summed E-state index contributed by atoms with van der Waals surface area (Å²) in [6.07, 6.45) is 0. The lowest BCUT2D eigenvalue weighted by atomic mass is 10.2. The molecule has 0 aliphatic carbocycles. The smallest absolute Gasteiger partial charge is 0.351 e. The fraction of sp³-hybridized carbons (Fsp3) is 0.200. The number of nitrogens with one attached hydrogen (secondary N) is 2. The molecule has 0 fully saturated rings. The van der Waals surface area contributed by atoms with Crippen molar-refractivity contribution in [3.05, 3.63) is 46.3 Å². The molecule has 0 bridgehead atoms. The highest BCUT2D eigenvalue weighted by Gasteiger charge is 2.17. The zero-order chi connectivity index (χ0) is 16.8. The summed E-state index contributed by atoms with van der Waals surface area (Å²) in [6.45, 7) is 1.34. The summed E-state index contributed by atoms with van der Waals surface area (Å²) in [6, 6.07) is 7.29. The average molecular weight is 318 g/mol. The van der Waals surface area contributed by atoms with Gasteiger partial charge in [-0.15, -0.1) is 0 Å². The van der Waals surface area contributed by atoms with E-state index in [1.807, 2.05) is 5.32 Å². The molecule has 0 saturated heterocycles. The van der Waals surface area contributed by atoms with E-state index in [0.29, 0.717) is 17.5 Å². The van der Waals surface area contributed by atoms with Crippen LogP contribution in [0.1, 0.15) is 17.3 Å². The number of fused-ring (bicyclic) bond motifs is 1. The predicted molar refractivity (Wildman–Crippen MR) is 80.0 cm³/mol. The first-order valence-corrected chi connectivity index (χ1v) is 6.79. The standard InChI is InChI=1S/C15H14N2O6/c1-2-16-15(21)17-12(18)8-22-13(19)10-7-9-5-3-4-6-11(9)23-14(10)20/h3-7H,2,8H2,1H3,(H2,16,17,18,21). The summed E-state index contributed by atoms with van der Waals surface area (Å²) in [5.74, 6) is -1.81. The Morgan fingerprint density at radius 2 is 1.96 bits per heavy atom. The van der Waals surface area contributed by atoms with E-state index >= 15 is 0 Å². The Kier molecular flexibility index (Phi) is 5.08. The number of urea groups is 1. The summed E-state index contributed by atoms with van der Waals surface area (Å²) < 4.78 is 9.70. The van der Waals surface area contributed by atoms with Gasteiger partial charge in [-0.2, -0.15) is 0 Å². The van der Waals surface area contributed by atoms with Crippen LogP contribution < -0.4 is 16.3 Å². The van der Waals surface area contributed by atoms with Crippen LogP contribution in [-0.4, -0.2) is 31.1 Å². The summed E-state index contributed by atoms with van der Waals surface area (Å²) >= 11 is 0. The second-order valence-corrected chi connectivity index (χ2v) is 4.47. The van der Waals surface area contributed by atoms with E-state index in [1.165, 1.54) is 6.07 Å². The third kappa shape index (κ3) is 4.16. The van der Waals surface area contributed by atoms with Crippen LogP contribution in [0.5, 0.6) is 0 Å². The molecule has 2 rings (SSSR count). The average Bonchev–Trinajstić information content (AvgIpc) is 2.52. The van der Waals surface area contributed by atoms with Crippen molar-refractivity contribution in [2.24, 2.45) is 0 Å². The third-order valence-corrected chi connectivity index (χ3v) is 2.79. The molecule has 2 aromatic rings. The third-order valence-electron chi connectivity index (χ3n) is 2.79. The molecule has 8 heteroatoms. The number of hydrogen-bond donors (Lipinski definition) is 2. The van der Waals surface area contributed by atoms with Crippen molar-refractivity contribution >= 4 is 28.9 Å². The topological polar surface area (TPSA) is 115 Å². The molecule has 23 heavy (non-hydrogen) atoms. The highest BCUT2D eigenvalue weighted by atomic mass is 16.5. The molecule has 8 nitrogen and oxygen atoms in total. The summed E-state index contributed by atoms with van der Waals surface area (Å²) in [5.41, 5.74) is -0.852. The Morgan fingerprint density at radius 1 is 1.22 bits per heavy atom. The van der Waals surface area contributed by atoms with Crippen LogP contribution in [0.15, 0.2) is 39.5 Å². The van der Waals surface area contributed by atoms with Gasteiger partial charge in [-0.3, -0.25) is 10.1 Å². The number of carbonyl (C=O) groups excluding carboxylic acids is 3. The van der Waals surface area contributed by atoms with Gasteiger partial charge in [0.15, 0.2) is 6.61 Å². The maximum Gasteiger partial charge on any atom is 0.351 e. The Balaban J connectivity index is 2.04. The van der Waals surface area contributed by atoms with Crippen LogP contribution in [0.3, 0.4) is 0 Å². The van der Waals surface area contributed by atoms with Gasteiger partial charge >= 0.3 is 17.6 Å². The molecule has 120 valence electrons. The first-order valence-electron chi connectivity index (χ1n) is 6.79. The number of hydrogen-bond acceptors (Lipinski definition) is 6. The van der Waals surface area contributed by atoms with E-state index in [-0.39, 0.29) is 5.56 Å².